The maximum atomic E-state index is 5.24. The fraction of sp³-hybridized carbons (Fsp3) is 0. The largest absolute Gasteiger partial charge is 0.256 e. The van der Waals surface area contributed by atoms with E-state index in [4.69, 9.17) is 15.0 Å². The highest BCUT2D eigenvalue weighted by atomic mass is 15.0. The molecule has 12 rings (SSSR count). The van der Waals surface area contributed by atoms with Crippen LogP contribution in [0.3, 0.4) is 0 Å². The van der Waals surface area contributed by atoms with Crippen LogP contribution in [0.5, 0.6) is 0 Å². The fourth-order valence-corrected chi connectivity index (χ4v) is 8.50. The minimum absolute atomic E-state index is 0.575. The Morgan fingerprint density at radius 2 is 0.567 bits per heavy atom. The van der Waals surface area contributed by atoms with E-state index in [2.05, 4.69) is 186 Å². The third kappa shape index (κ3) is 6.08. The molecule has 0 aliphatic carbocycles. The van der Waals surface area contributed by atoms with Crippen LogP contribution in [0.15, 0.2) is 200 Å². The van der Waals surface area contributed by atoms with Crippen molar-refractivity contribution >= 4 is 64.9 Å². The van der Waals surface area contributed by atoms with Crippen molar-refractivity contribution in [2.45, 2.75) is 0 Å². The standard InChI is InChI=1S/C55H33N5/c1-3-9-38-25-46-27-42(17-15-40(46)23-36(38)7-1)48-29-49(43-18-16-41-24-37-8-2-4-10-39(37)26-47(41)28-43)31-50(30-48)55-59-53(44-19-13-34-11-5-21-56-51(34)32-44)58-54(60-55)45-20-14-35-12-6-22-57-52(35)33-45/h1-33H. The number of nitrogens with zero attached hydrogens (tertiary/aromatic N) is 5. The Bertz CT molecular complexity index is 3450. The first kappa shape index (κ1) is 33.9. The van der Waals surface area contributed by atoms with Crippen molar-refractivity contribution in [3.8, 4) is 56.4 Å². The molecule has 0 aliphatic heterocycles. The van der Waals surface area contributed by atoms with Gasteiger partial charge in [-0.2, -0.15) is 0 Å². The molecule has 60 heavy (non-hydrogen) atoms. The molecule has 5 nitrogen and oxygen atoms in total. The molecule has 9 aromatic carbocycles. The molecule has 0 amide bonds. The van der Waals surface area contributed by atoms with Gasteiger partial charge in [0.05, 0.1) is 11.0 Å². The van der Waals surface area contributed by atoms with Crippen LogP contribution in [-0.2, 0) is 0 Å². The molecule has 278 valence electrons. The average Bonchev–Trinajstić information content (AvgIpc) is 3.31. The van der Waals surface area contributed by atoms with E-state index < -0.39 is 0 Å². The Kier molecular flexibility index (Phi) is 7.78. The highest BCUT2D eigenvalue weighted by molar-refractivity contribution is 6.02. The van der Waals surface area contributed by atoms with Gasteiger partial charge in [-0.25, -0.2) is 15.0 Å². The Labute approximate surface area is 345 Å². The normalized spacial score (nSPS) is 11.7. The van der Waals surface area contributed by atoms with Gasteiger partial charge in [0.15, 0.2) is 17.5 Å². The molecular weight excluding hydrogens is 731 g/mol. The molecule has 0 spiro atoms. The van der Waals surface area contributed by atoms with E-state index in [0.29, 0.717) is 17.5 Å². The van der Waals surface area contributed by atoms with Crippen LogP contribution in [0.2, 0.25) is 0 Å². The molecule has 0 saturated carbocycles. The van der Waals surface area contributed by atoms with Gasteiger partial charge in [-0.3, -0.25) is 9.97 Å². The maximum Gasteiger partial charge on any atom is 0.164 e. The molecule has 0 bridgehead atoms. The Morgan fingerprint density at radius 1 is 0.217 bits per heavy atom. The molecule has 3 aromatic heterocycles. The Morgan fingerprint density at radius 3 is 1.03 bits per heavy atom. The van der Waals surface area contributed by atoms with Crippen molar-refractivity contribution in [1.82, 2.24) is 24.9 Å². The Hall–Kier alpha value is -8.15. The van der Waals surface area contributed by atoms with E-state index >= 15 is 0 Å². The quantitative estimate of drug-likeness (QED) is 0.163. The fourth-order valence-electron chi connectivity index (χ4n) is 8.50. The second kappa shape index (κ2) is 13.8. The van der Waals surface area contributed by atoms with Gasteiger partial charge >= 0.3 is 0 Å². The van der Waals surface area contributed by atoms with Crippen molar-refractivity contribution in [1.29, 1.82) is 0 Å². The lowest BCUT2D eigenvalue weighted by Gasteiger charge is -2.14. The minimum atomic E-state index is 0.575. The number of hydrogen-bond donors (Lipinski definition) is 0. The lowest BCUT2D eigenvalue weighted by molar-refractivity contribution is 1.07. The summed E-state index contributed by atoms with van der Waals surface area (Å²) in [7, 11) is 0. The summed E-state index contributed by atoms with van der Waals surface area (Å²) in [6.07, 6.45) is 3.63. The van der Waals surface area contributed by atoms with E-state index in [1.807, 2.05) is 24.5 Å². The van der Waals surface area contributed by atoms with Crippen LogP contribution in [0.25, 0.3) is 121 Å². The number of hydrogen-bond acceptors (Lipinski definition) is 5. The zero-order valence-electron chi connectivity index (χ0n) is 32.3. The number of fused-ring (bicyclic) bond motifs is 6. The summed E-state index contributed by atoms with van der Waals surface area (Å²) < 4.78 is 0. The van der Waals surface area contributed by atoms with Gasteiger partial charge < -0.3 is 0 Å². The molecule has 0 saturated heterocycles. The molecule has 0 unspecified atom stereocenters. The van der Waals surface area contributed by atoms with Crippen LogP contribution < -0.4 is 0 Å². The molecule has 12 aromatic rings. The van der Waals surface area contributed by atoms with Gasteiger partial charge in [0, 0.05) is 39.9 Å². The summed E-state index contributed by atoms with van der Waals surface area (Å²) in [6.45, 7) is 0. The van der Waals surface area contributed by atoms with Gasteiger partial charge in [0.2, 0.25) is 0 Å². The second-order valence-corrected chi connectivity index (χ2v) is 15.4. The highest BCUT2D eigenvalue weighted by Gasteiger charge is 2.17. The molecule has 0 fully saturated rings. The number of benzene rings is 9. The summed E-state index contributed by atoms with van der Waals surface area (Å²) in [4.78, 5) is 24.9. The van der Waals surface area contributed by atoms with E-state index in [1.54, 1.807) is 0 Å². The van der Waals surface area contributed by atoms with Gasteiger partial charge in [-0.15, -0.1) is 0 Å². The van der Waals surface area contributed by atoms with Crippen molar-refractivity contribution in [2.75, 3.05) is 0 Å². The van der Waals surface area contributed by atoms with Gasteiger partial charge in [-0.05, 0) is 144 Å². The number of pyridine rings is 2. The number of aromatic nitrogens is 5. The first-order valence-corrected chi connectivity index (χ1v) is 20.1. The van der Waals surface area contributed by atoms with Crippen LogP contribution in [0, 0.1) is 0 Å². The smallest absolute Gasteiger partial charge is 0.164 e. The number of rotatable bonds is 5. The lowest BCUT2D eigenvalue weighted by atomic mass is 9.92. The minimum Gasteiger partial charge on any atom is -0.256 e. The molecule has 0 N–H and O–H groups in total. The first-order valence-electron chi connectivity index (χ1n) is 20.1. The van der Waals surface area contributed by atoms with E-state index in [0.717, 1.165) is 60.8 Å². The molecule has 0 atom stereocenters. The Balaban J connectivity index is 1.08. The van der Waals surface area contributed by atoms with Crippen molar-refractivity contribution in [3.63, 3.8) is 0 Å². The van der Waals surface area contributed by atoms with E-state index in [1.165, 1.54) is 43.1 Å². The van der Waals surface area contributed by atoms with E-state index in [9.17, 15) is 0 Å². The van der Waals surface area contributed by atoms with E-state index in [-0.39, 0.29) is 0 Å². The molecule has 5 heteroatoms. The molecule has 0 aliphatic rings. The molecule has 3 heterocycles. The summed E-state index contributed by atoms with van der Waals surface area (Å²) in [5.74, 6) is 1.73. The van der Waals surface area contributed by atoms with Crippen LogP contribution in [0.4, 0.5) is 0 Å². The third-order valence-corrected chi connectivity index (χ3v) is 11.6. The topological polar surface area (TPSA) is 64.5 Å². The summed E-state index contributed by atoms with van der Waals surface area (Å²) in [5.41, 5.74) is 8.76. The zero-order chi connectivity index (χ0) is 39.6. The van der Waals surface area contributed by atoms with Gasteiger partial charge in [0.1, 0.15) is 0 Å². The first-order chi connectivity index (χ1) is 29.6. The maximum absolute atomic E-state index is 5.24. The van der Waals surface area contributed by atoms with Crippen molar-refractivity contribution in [2.24, 2.45) is 0 Å². The third-order valence-electron chi connectivity index (χ3n) is 11.6. The lowest BCUT2D eigenvalue weighted by Crippen LogP contribution is -2.01. The molecule has 0 radical (unpaired) electrons. The van der Waals surface area contributed by atoms with Crippen LogP contribution >= 0.6 is 0 Å². The predicted octanol–water partition coefficient (Wildman–Crippen LogP) is 13.9. The van der Waals surface area contributed by atoms with Crippen molar-refractivity contribution in [3.05, 3.63) is 200 Å². The predicted molar refractivity (Wildman–Crippen MR) is 248 cm³/mol. The summed E-state index contributed by atoms with van der Waals surface area (Å²) >= 11 is 0. The summed E-state index contributed by atoms with van der Waals surface area (Å²) in [6, 6.07) is 66.8. The summed E-state index contributed by atoms with van der Waals surface area (Å²) in [5, 5.41) is 11.8. The van der Waals surface area contributed by atoms with Crippen molar-refractivity contribution < 1.29 is 0 Å². The van der Waals surface area contributed by atoms with Crippen LogP contribution in [0.1, 0.15) is 0 Å². The van der Waals surface area contributed by atoms with Crippen LogP contribution in [-0.4, -0.2) is 24.9 Å². The monoisotopic (exact) mass is 763 g/mol. The van der Waals surface area contributed by atoms with Gasteiger partial charge in [0.25, 0.3) is 0 Å². The SMILES string of the molecule is c1ccc2cc3cc(-c4cc(-c5ccc6cc7ccccc7cc6c5)cc(-c5nc(-c6ccc7cccnc7c6)nc(-c6ccc7cccnc7c6)n5)c4)ccc3cc2c1. The average molecular weight is 764 g/mol. The highest BCUT2D eigenvalue weighted by Crippen LogP contribution is 2.37. The molecular formula is C55H33N5. The second-order valence-electron chi connectivity index (χ2n) is 15.4. The van der Waals surface area contributed by atoms with Gasteiger partial charge in [-0.1, -0.05) is 109 Å². The zero-order valence-corrected chi connectivity index (χ0v) is 32.3.